The lowest BCUT2D eigenvalue weighted by molar-refractivity contribution is -0.385. The number of aryl methyl sites for hydroxylation is 1. The third-order valence-corrected chi connectivity index (χ3v) is 4.60. The zero-order chi connectivity index (χ0) is 14.6. The van der Waals surface area contributed by atoms with Gasteiger partial charge in [-0.05, 0) is 18.1 Å². The smallest absolute Gasteiger partial charge is 0.258 e. The Morgan fingerprint density at radius 2 is 1.70 bits per heavy atom. The van der Waals surface area contributed by atoms with Gasteiger partial charge in [-0.1, -0.05) is 36.4 Å². The van der Waals surface area contributed by atoms with Gasteiger partial charge in [0.2, 0.25) is 0 Å². The van der Waals surface area contributed by atoms with Gasteiger partial charge in [0.05, 0.1) is 15.6 Å². The molecule has 2 aromatic rings. The number of hydrogen-bond acceptors (Lipinski definition) is 4. The van der Waals surface area contributed by atoms with E-state index in [9.17, 15) is 18.5 Å². The van der Waals surface area contributed by atoms with E-state index in [1.807, 2.05) is 30.3 Å². The summed E-state index contributed by atoms with van der Waals surface area (Å²) in [4.78, 5) is 10.1. The molecule has 0 aliphatic heterocycles. The van der Waals surface area contributed by atoms with Gasteiger partial charge < -0.3 is 0 Å². The van der Waals surface area contributed by atoms with Gasteiger partial charge in [-0.2, -0.15) is 0 Å². The number of sulfone groups is 1. The van der Waals surface area contributed by atoms with Gasteiger partial charge in [-0.25, -0.2) is 8.42 Å². The summed E-state index contributed by atoms with van der Waals surface area (Å²) < 4.78 is 24.3. The van der Waals surface area contributed by atoms with Crippen LogP contribution in [0.5, 0.6) is 0 Å². The first kappa shape index (κ1) is 14.2. The Balaban J connectivity index is 2.18. The van der Waals surface area contributed by atoms with E-state index in [0.29, 0.717) is 6.42 Å². The normalized spacial score (nSPS) is 11.2. The van der Waals surface area contributed by atoms with Gasteiger partial charge in [0, 0.05) is 12.1 Å². The lowest BCUT2D eigenvalue weighted by Gasteiger charge is -2.04. The van der Waals surface area contributed by atoms with E-state index in [1.165, 1.54) is 18.2 Å². The van der Waals surface area contributed by atoms with E-state index in [2.05, 4.69) is 0 Å². The van der Waals surface area contributed by atoms with Crippen LogP contribution >= 0.6 is 0 Å². The van der Waals surface area contributed by atoms with Crippen LogP contribution < -0.4 is 0 Å². The van der Waals surface area contributed by atoms with Crippen molar-refractivity contribution >= 4 is 15.5 Å². The predicted molar refractivity (Wildman–Crippen MR) is 75.3 cm³/mol. The minimum atomic E-state index is -3.52. The number of benzene rings is 2. The Kier molecular flexibility index (Phi) is 4.14. The maximum atomic E-state index is 12.2. The predicted octanol–water partition coefficient (Wildman–Crippen LogP) is 2.61. The van der Waals surface area contributed by atoms with Crippen molar-refractivity contribution in [1.29, 1.82) is 0 Å². The molecule has 0 N–H and O–H groups in total. The van der Waals surface area contributed by atoms with E-state index in [-0.39, 0.29) is 16.3 Å². The molecule has 0 amide bonds. The molecule has 6 heteroatoms. The Morgan fingerprint density at radius 3 is 2.35 bits per heavy atom. The van der Waals surface area contributed by atoms with Gasteiger partial charge in [0.15, 0.2) is 9.84 Å². The third kappa shape index (κ3) is 3.42. The second-order valence-corrected chi connectivity index (χ2v) is 6.42. The van der Waals surface area contributed by atoms with Crippen LogP contribution in [-0.2, 0) is 16.3 Å². The molecule has 0 bridgehead atoms. The van der Waals surface area contributed by atoms with E-state index >= 15 is 0 Å². The van der Waals surface area contributed by atoms with Crippen molar-refractivity contribution < 1.29 is 13.3 Å². The number of nitrogens with zero attached hydrogens (tertiary/aromatic N) is 1. The molecule has 104 valence electrons. The van der Waals surface area contributed by atoms with Gasteiger partial charge >= 0.3 is 0 Å². The lowest BCUT2D eigenvalue weighted by Crippen LogP contribution is -2.09. The molecule has 0 aliphatic rings. The Hall–Kier alpha value is -2.21. The summed E-state index contributed by atoms with van der Waals surface area (Å²) >= 11 is 0. The molecule has 20 heavy (non-hydrogen) atoms. The maximum absolute atomic E-state index is 12.2. The number of nitro groups is 1. The van der Waals surface area contributed by atoms with Gasteiger partial charge in [0.25, 0.3) is 5.69 Å². The highest BCUT2D eigenvalue weighted by Crippen LogP contribution is 2.19. The second kappa shape index (κ2) is 5.83. The summed E-state index contributed by atoms with van der Waals surface area (Å²) in [5, 5.41) is 10.7. The highest BCUT2D eigenvalue weighted by molar-refractivity contribution is 7.91. The summed E-state index contributed by atoms with van der Waals surface area (Å²) in [6.45, 7) is 0. The number of hydrogen-bond donors (Lipinski definition) is 0. The zero-order valence-corrected chi connectivity index (χ0v) is 11.4. The average molecular weight is 291 g/mol. The standard InChI is InChI=1S/C14H13NO4S/c16-15(17)13-7-4-8-14(11-13)20(18,19)10-9-12-5-2-1-3-6-12/h1-8,11H,9-10H2. The monoisotopic (exact) mass is 291 g/mol. The van der Waals surface area contributed by atoms with E-state index < -0.39 is 14.8 Å². The summed E-state index contributed by atoms with van der Waals surface area (Å²) in [7, 11) is -3.52. The van der Waals surface area contributed by atoms with Crippen LogP contribution in [0, 0.1) is 10.1 Å². The van der Waals surface area contributed by atoms with Crippen LogP contribution in [0.1, 0.15) is 5.56 Å². The molecule has 0 heterocycles. The minimum Gasteiger partial charge on any atom is -0.258 e. The van der Waals surface area contributed by atoms with Crippen molar-refractivity contribution in [3.63, 3.8) is 0 Å². The van der Waals surface area contributed by atoms with Crippen molar-refractivity contribution in [3.8, 4) is 0 Å². The topological polar surface area (TPSA) is 77.3 Å². The summed E-state index contributed by atoms with van der Waals surface area (Å²) in [5.74, 6) is -0.0712. The SMILES string of the molecule is O=[N+]([O-])c1cccc(S(=O)(=O)CCc2ccccc2)c1. The molecule has 0 saturated heterocycles. The van der Waals surface area contributed by atoms with Crippen molar-refractivity contribution in [2.45, 2.75) is 11.3 Å². The van der Waals surface area contributed by atoms with Gasteiger partial charge in [-0.3, -0.25) is 10.1 Å². The molecule has 0 atom stereocenters. The first-order chi connectivity index (χ1) is 9.49. The van der Waals surface area contributed by atoms with Crippen LogP contribution in [0.2, 0.25) is 0 Å². The second-order valence-electron chi connectivity index (χ2n) is 4.31. The molecular formula is C14H13NO4S. The number of non-ortho nitro benzene ring substituents is 1. The molecule has 0 aromatic heterocycles. The van der Waals surface area contributed by atoms with Crippen LogP contribution in [0.4, 0.5) is 5.69 Å². The van der Waals surface area contributed by atoms with Crippen LogP contribution in [0.15, 0.2) is 59.5 Å². The van der Waals surface area contributed by atoms with Crippen molar-refractivity contribution in [2.24, 2.45) is 0 Å². The Labute approximate surface area is 116 Å². The van der Waals surface area contributed by atoms with E-state index in [4.69, 9.17) is 0 Å². The summed E-state index contributed by atoms with van der Waals surface area (Å²) in [6.07, 6.45) is 0.381. The molecule has 0 unspecified atom stereocenters. The van der Waals surface area contributed by atoms with Crippen molar-refractivity contribution in [1.82, 2.24) is 0 Å². The average Bonchev–Trinajstić information content (AvgIpc) is 2.46. The molecule has 2 aromatic carbocycles. The molecule has 0 radical (unpaired) electrons. The summed E-state index contributed by atoms with van der Waals surface area (Å²) in [6, 6.07) is 14.4. The fourth-order valence-electron chi connectivity index (χ4n) is 1.81. The third-order valence-electron chi connectivity index (χ3n) is 2.89. The number of nitro benzene ring substituents is 1. The van der Waals surface area contributed by atoms with Gasteiger partial charge in [0.1, 0.15) is 0 Å². The fraction of sp³-hybridized carbons (Fsp3) is 0.143. The first-order valence-electron chi connectivity index (χ1n) is 6.00. The lowest BCUT2D eigenvalue weighted by atomic mass is 10.2. The highest BCUT2D eigenvalue weighted by Gasteiger charge is 2.17. The molecule has 2 rings (SSSR count). The molecular weight excluding hydrogens is 278 g/mol. The van der Waals surface area contributed by atoms with Crippen LogP contribution in [-0.4, -0.2) is 19.1 Å². The van der Waals surface area contributed by atoms with Crippen molar-refractivity contribution in [3.05, 3.63) is 70.3 Å². The van der Waals surface area contributed by atoms with E-state index in [0.717, 1.165) is 11.6 Å². The molecule has 0 spiro atoms. The maximum Gasteiger partial charge on any atom is 0.270 e. The molecule has 5 nitrogen and oxygen atoms in total. The van der Waals surface area contributed by atoms with Crippen molar-refractivity contribution in [2.75, 3.05) is 5.75 Å². The molecule has 0 fully saturated rings. The van der Waals surface area contributed by atoms with E-state index in [1.54, 1.807) is 0 Å². The fourth-order valence-corrected chi connectivity index (χ4v) is 3.13. The number of rotatable bonds is 5. The quantitative estimate of drug-likeness (QED) is 0.626. The largest absolute Gasteiger partial charge is 0.270 e. The minimum absolute atomic E-state index is 0.0115. The van der Waals surface area contributed by atoms with Crippen LogP contribution in [0.25, 0.3) is 0 Å². The molecule has 0 saturated carbocycles. The first-order valence-corrected chi connectivity index (χ1v) is 7.65. The van der Waals surface area contributed by atoms with Crippen LogP contribution in [0.3, 0.4) is 0 Å². The van der Waals surface area contributed by atoms with Gasteiger partial charge in [-0.15, -0.1) is 0 Å². The summed E-state index contributed by atoms with van der Waals surface area (Å²) in [5.41, 5.74) is 0.701. The highest BCUT2D eigenvalue weighted by atomic mass is 32.2. The Morgan fingerprint density at radius 1 is 1.00 bits per heavy atom. The Bertz CT molecular complexity index is 711. The molecule has 0 aliphatic carbocycles. The zero-order valence-electron chi connectivity index (χ0n) is 10.6.